The number of anilines is 2. The highest BCUT2D eigenvalue weighted by Gasteiger charge is 2.05. The number of hydrogen-bond donors (Lipinski definition) is 3. The minimum Gasteiger partial charge on any atom is -0.355 e. The lowest BCUT2D eigenvalue weighted by molar-refractivity contribution is 0.262. The van der Waals surface area contributed by atoms with Gasteiger partial charge in [-0.1, -0.05) is 52.3 Å². The number of amides is 2. The molecule has 3 aromatic carbocycles. The van der Waals surface area contributed by atoms with E-state index in [0.717, 1.165) is 32.6 Å². The van der Waals surface area contributed by atoms with E-state index in [1.165, 1.54) is 5.39 Å². The molecule has 1 heterocycles. The average Bonchev–Trinajstić information content (AvgIpc) is 3.06. The number of halogens is 1. The molecular formula is C21H16BrN3O. The largest absolute Gasteiger partial charge is 0.355 e. The Bertz CT molecular complexity index is 1040. The van der Waals surface area contributed by atoms with Gasteiger partial charge in [0, 0.05) is 32.4 Å². The van der Waals surface area contributed by atoms with Crippen LogP contribution in [0, 0.1) is 0 Å². The number of H-pyrrole nitrogens is 1. The Morgan fingerprint density at radius 1 is 0.808 bits per heavy atom. The number of carbonyl (C=O) groups is 1. The fourth-order valence-corrected chi connectivity index (χ4v) is 3.22. The van der Waals surface area contributed by atoms with Gasteiger partial charge in [0.15, 0.2) is 0 Å². The van der Waals surface area contributed by atoms with Gasteiger partial charge < -0.3 is 15.6 Å². The Balaban J connectivity index is 1.46. The van der Waals surface area contributed by atoms with Crippen LogP contribution >= 0.6 is 15.9 Å². The summed E-state index contributed by atoms with van der Waals surface area (Å²) in [5.74, 6) is 0. The summed E-state index contributed by atoms with van der Waals surface area (Å²) >= 11 is 3.39. The standard InChI is InChI=1S/C21H16BrN3O/c22-16-5-3-6-18(13-16)24-21(26)23-17-10-8-14(9-11-17)20-12-15-4-1-2-7-19(15)25-20/h1-13,25H,(H2,23,24,26). The predicted octanol–water partition coefficient (Wildman–Crippen LogP) is 6.24. The quantitative estimate of drug-likeness (QED) is 0.371. The Kier molecular flexibility index (Phi) is 4.46. The first-order valence-electron chi connectivity index (χ1n) is 8.19. The zero-order valence-corrected chi connectivity index (χ0v) is 15.4. The maximum Gasteiger partial charge on any atom is 0.323 e. The Labute approximate surface area is 159 Å². The molecule has 5 heteroatoms. The number of rotatable bonds is 3. The second-order valence-electron chi connectivity index (χ2n) is 5.94. The highest BCUT2D eigenvalue weighted by atomic mass is 79.9. The molecule has 2 amide bonds. The summed E-state index contributed by atoms with van der Waals surface area (Å²) in [4.78, 5) is 15.5. The molecule has 4 nitrogen and oxygen atoms in total. The van der Waals surface area contributed by atoms with E-state index in [1.54, 1.807) is 0 Å². The average molecular weight is 406 g/mol. The second kappa shape index (κ2) is 7.06. The van der Waals surface area contributed by atoms with Crippen LogP contribution < -0.4 is 10.6 Å². The van der Waals surface area contributed by atoms with E-state index in [2.05, 4.69) is 49.7 Å². The first-order valence-corrected chi connectivity index (χ1v) is 8.98. The van der Waals surface area contributed by atoms with E-state index in [1.807, 2.05) is 60.7 Å². The summed E-state index contributed by atoms with van der Waals surface area (Å²) in [7, 11) is 0. The summed E-state index contributed by atoms with van der Waals surface area (Å²) in [6.45, 7) is 0. The minimum atomic E-state index is -0.276. The summed E-state index contributed by atoms with van der Waals surface area (Å²) in [6.07, 6.45) is 0. The van der Waals surface area contributed by atoms with Crippen LogP contribution in [-0.2, 0) is 0 Å². The van der Waals surface area contributed by atoms with E-state index < -0.39 is 0 Å². The number of hydrogen-bond acceptors (Lipinski definition) is 1. The van der Waals surface area contributed by atoms with Crippen molar-refractivity contribution in [2.45, 2.75) is 0 Å². The van der Waals surface area contributed by atoms with E-state index in [4.69, 9.17) is 0 Å². The summed E-state index contributed by atoms with van der Waals surface area (Å²) < 4.78 is 0.915. The van der Waals surface area contributed by atoms with Crippen LogP contribution in [0.2, 0.25) is 0 Å². The molecule has 0 spiro atoms. The van der Waals surface area contributed by atoms with Crippen molar-refractivity contribution in [2.24, 2.45) is 0 Å². The molecule has 1 aromatic heterocycles. The molecule has 4 aromatic rings. The van der Waals surface area contributed by atoms with Gasteiger partial charge in [-0.05, 0) is 48.0 Å². The lowest BCUT2D eigenvalue weighted by Crippen LogP contribution is -2.19. The fourth-order valence-electron chi connectivity index (χ4n) is 2.82. The highest BCUT2D eigenvalue weighted by Crippen LogP contribution is 2.25. The number of benzene rings is 3. The van der Waals surface area contributed by atoms with Crippen molar-refractivity contribution in [3.8, 4) is 11.3 Å². The van der Waals surface area contributed by atoms with Crippen LogP contribution in [0.5, 0.6) is 0 Å². The molecule has 0 bridgehead atoms. The van der Waals surface area contributed by atoms with Crippen molar-refractivity contribution >= 4 is 44.2 Å². The number of nitrogens with one attached hydrogen (secondary N) is 3. The van der Waals surface area contributed by atoms with Crippen LogP contribution in [0.1, 0.15) is 0 Å². The molecule has 0 unspecified atom stereocenters. The lowest BCUT2D eigenvalue weighted by Gasteiger charge is -2.08. The molecule has 4 rings (SSSR count). The summed E-state index contributed by atoms with van der Waals surface area (Å²) in [5.41, 5.74) is 4.69. The fraction of sp³-hybridized carbons (Fsp3) is 0. The first-order chi connectivity index (χ1) is 12.7. The maximum atomic E-state index is 12.1. The lowest BCUT2D eigenvalue weighted by atomic mass is 10.1. The van der Waals surface area contributed by atoms with E-state index >= 15 is 0 Å². The molecule has 128 valence electrons. The number of para-hydroxylation sites is 1. The number of fused-ring (bicyclic) bond motifs is 1. The molecule has 26 heavy (non-hydrogen) atoms. The molecule has 0 aliphatic heterocycles. The normalized spacial score (nSPS) is 10.7. The highest BCUT2D eigenvalue weighted by molar-refractivity contribution is 9.10. The van der Waals surface area contributed by atoms with Crippen LogP contribution in [0.15, 0.2) is 83.3 Å². The number of aromatic amines is 1. The molecule has 0 fully saturated rings. The van der Waals surface area contributed by atoms with E-state index in [0.29, 0.717) is 0 Å². The van der Waals surface area contributed by atoms with Gasteiger partial charge >= 0.3 is 6.03 Å². The molecular weight excluding hydrogens is 390 g/mol. The van der Waals surface area contributed by atoms with Gasteiger partial charge in [0.2, 0.25) is 0 Å². The summed E-state index contributed by atoms with van der Waals surface area (Å²) in [5, 5.41) is 6.83. The van der Waals surface area contributed by atoms with Gasteiger partial charge in [-0.15, -0.1) is 0 Å². The Hall–Kier alpha value is -3.05. The third-order valence-corrected chi connectivity index (χ3v) is 4.56. The van der Waals surface area contributed by atoms with E-state index in [9.17, 15) is 4.79 Å². The van der Waals surface area contributed by atoms with Crippen LogP contribution in [0.25, 0.3) is 22.2 Å². The van der Waals surface area contributed by atoms with Crippen molar-refractivity contribution in [1.82, 2.24) is 4.98 Å². The topological polar surface area (TPSA) is 56.9 Å². The second-order valence-corrected chi connectivity index (χ2v) is 6.85. The predicted molar refractivity (Wildman–Crippen MR) is 111 cm³/mol. The summed E-state index contributed by atoms with van der Waals surface area (Å²) in [6, 6.07) is 25.2. The van der Waals surface area contributed by atoms with Crippen molar-refractivity contribution in [3.05, 3.63) is 83.3 Å². The van der Waals surface area contributed by atoms with Gasteiger partial charge in [0.25, 0.3) is 0 Å². The molecule has 0 atom stereocenters. The van der Waals surface area contributed by atoms with Crippen molar-refractivity contribution in [2.75, 3.05) is 10.6 Å². The maximum absolute atomic E-state index is 12.1. The Morgan fingerprint density at radius 3 is 2.35 bits per heavy atom. The molecule has 0 saturated heterocycles. The van der Waals surface area contributed by atoms with Crippen LogP contribution in [-0.4, -0.2) is 11.0 Å². The number of urea groups is 1. The third-order valence-electron chi connectivity index (χ3n) is 4.07. The van der Waals surface area contributed by atoms with Crippen LogP contribution in [0.4, 0.5) is 16.2 Å². The molecule has 0 radical (unpaired) electrons. The minimum absolute atomic E-state index is 0.276. The Morgan fingerprint density at radius 2 is 1.58 bits per heavy atom. The van der Waals surface area contributed by atoms with Gasteiger partial charge in [0.05, 0.1) is 0 Å². The first kappa shape index (κ1) is 16.4. The zero-order chi connectivity index (χ0) is 17.9. The number of carbonyl (C=O) groups excluding carboxylic acids is 1. The zero-order valence-electron chi connectivity index (χ0n) is 13.8. The third kappa shape index (κ3) is 3.63. The smallest absolute Gasteiger partial charge is 0.323 e. The molecule has 0 aliphatic carbocycles. The monoisotopic (exact) mass is 405 g/mol. The van der Waals surface area contributed by atoms with Crippen molar-refractivity contribution in [1.29, 1.82) is 0 Å². The number of aromatic nitrogens is 1. The molecule has 0 saturated carbocycles. The molecule has 0 aliphatic rings. The van der Waals surface area contributed by atoms with Gasteiger partial charge in [-0.2, -0.15) is 0 Å². The van der Waals surface area contributed by atoms with E-state index in [-0.39, 0.29) is 6.03 Å². The van der Waals surface area contributed by atoms with Gasteiger partial charge in [-0.25, -0.2) is 4.79 Å². The van der Waals surface area contributed by atoms with Crippen molar-refractivity contribution in [3.63, 3.8) is 0 Å². The van der Waals surface area contributed by atoms with Crippen LogP contribution in [0.3, 0.4) is 0 Å². The van der Waals surface area contributed by atoms with Crippen molar-refractivity contribution < 1.29 is 4.79 Å². The SMILES string of the molecule is O=C(Nc1ccc(-c2cc3ccccc3[nH]2)cc1)Nc1cccc(Br)c1. The van der Waals surface area contributed by atoms with Gasteiger partial charge in [-0.3, -0.25) is 0 Å². The molecule has 3 N–H and O–H groups in total. The van der Waals surface area contributed by atoms with Gasteiger partial charge in [0.1, 0.15) is 0 Å².